The predicted molar refractivity (Wildman–Crippen MR) is 111 cm³/mol. The van der Waals surface area contributed by atoms with E-state index in [1.54, 1.807) is 47.0 Å². The Morgan fingerprint density at radius 3 is 2.55 bits per heavy atom. The first kappa shape index (κ1) is 21.0. The minimum absolute atomic E-state index is 0.0833. The maximum absolute atomic E-state index is 13.9. The maximum atomic E-state index is 13.9. The number of halogens is 2. The number of para-hydroxylation sites is 1. The minimum Gasteiger partial charge on any atom is -0.485 e. The van der Waals surface area contributed by atoms with E-state index in [1.165, 1.54) is 24.3 Å². The molecule has 1 aromatic heterocycles. The summed E-state index contributed by atoms with van der Waals surface area (Å²) in [5, 5.41) is 14.8. The zero-order valence-electron chi connectivity index (χ0n) is 17.0. The molecule has 2 heterocycles. The first-order valence-corrected chi connectivity index (χ1v) is 10.1. The average molecular weight is 427 g/mol. The van der Waals surface area contributed by atoms with E-state index in [0.29, 0.717) is 31.6 Å². The standard InChI is InChI=1S/C23H23F2N3O3/c1-27-19(15-6-8-16(24)9-7-15)14-18(26-27)23(30)28-12-10-20(29)22(11-13-28)31-21-5-3-2-4-17(21)25/h2-9,14,20,22,29H,10-13H2,1H3/t20-,22-/m0/s1. The van der Waals surface area contributed by atoms with Gasteiger partial charge < -0.3 is 14.7 Å². The number of hydrogen-bond acceptors (Lipinski definition) is 4. The third kappa shape index (κ3) is 4.59. The molecule has 8 heteroatoms. The third-order valence-electron chi connectivity index (χ3n) is 5.45. The molecule has 2 aromatic carbocycles. The van der Waals surface area contributed by atoms with E-state index in [4.69, 9.17) is 4.74 Å². The number of nitrogens with zero attached hydrogens (tertiary/aromatic N) is 3. The molecule has 0 spiro atoms. The molecule has 4 rings (SSSR count). The van der Waals surface area contributed by atoms with Crippen molar-refractivity contribution in [1.29, 1.82) is 0 Å². The summed E-state index contributed by atoms with van der Waals surface area (Å²) in [5.74, 6) is -1.01. The van der Waals surface area contributed by atoms with Crippen LogP contribution in [0.25, 0.3) is 11.3 Å². The van der Waals surface area contributed by atoms with Gasteiger partial charge in [-0.1, -0.05) is 12.1 Å². The fourth-order valence-corrected chi connectivity index (χ4v) is 3.73. The van der Waals surface area contributed by atoms with Crippen molar-refractivity contribution >= 4 is 5.91 Å². The number of aryl methyl sites for hydroxylation is 1. The predicted octanol–water partition coefficient (Wildman–Crippen LogP) is 3.41. The Balaban J connectivity index is 1.47. The fourth-order valence-electron chi connectivity index (χ4n) is 3.73. The zero-order chi connectivity index (χ0) is 22.0. The molecule has 1 aliphatic heterocycles. The van der Waals surface area contributed by atoms with Crippen molar-refractivity contribution in [2.75, 3.05) is 13.1 Å². The SMILES string of the molecule is Cn1nc(C(=O)N2CC[C@H](Oc3ccccc3F)[C@@H](O)CC2)cc1-c1ccc(F)cc1. The van der Waals surface area contributed by atoms with Crippen molar-refractivity contribution in [3.63, 3.8) is 0 Å². The number of ether oxygens (including phenoxy) is 1. The zero-order valence-corrected chi connectivity index (χ0v) is 17.0. The molecule has 6 nitrogen and oxygen atoms in total. The lowest BCUT2D eigenvalue weighted by Gasteiger charge is -2.21. The number of carbonyl (C=O) groups excluding carboxylic acids is 1. The molecule has 0 radical (unpaired) electrons. The van der Waals surface area contributed by atoms with E-state index in [-0.39, 0.29) is 23.2 Å². The maximum Gasteiger partial charge on any atom is 0.274 e. The summed E-state index contributed by atoms with van der Waals surface area (Å²) in [5.41, 5.74) is 1.71. The van der Waals surface area contributed by atoms with Crippen molar-refractivity contribution in [2.45, 2.75) is 25.0 Å². The number of hydrogen-bond donors (Lipinski definition) is 1. The quantitative estimate of drug-likeness (QED) is 0.693. The van der Waals surface area contributed by atoms with Crippen molar-refractivity contribution in [3.05, 3.63) is 71.9 Å². The molecule has 1 N–H and O–H groups in total. The van der Waals surface area contributed by atoms with Gasteiger partial charge in [-0.05, 0) is 54.4 Å². The van der Waals surface area contributed by atoms with Crippen LogP contribution >= 0.6 is 0 Å². The normalized spacial score (nSPS) is 19.2. The van der Waals surface area contributed by atoms with Gasteiger partial charge in [-0.25, -0.2) is 8.78 Å². The Morgan fingerprint density at radius 2 is 1.81 bits per heavy atom. The highest BCUT2D eigenvalue weighted by Gasteiger charge is 2.30. The van der Waals surface area contributed by atoms with Gasteiger partial charge in [-0.2, -0.15) is 5.10 Å². The van der Waals surface area contributed by atoms with Crippen LogP contribution in [0.2, 0.25) is 0 Å². The summed E-state index contributed by atoms with van der Waals surface area (Å²) >= 11 is 0. The summed E-state index contributed by atoms with van der Waals surface area (Å²) < 4.78 is 34.4. The first-order valence-electron chi connectivity index (χ1n) is 10.1. The molecule has 3 aromatic rings. The molecule has 2 atom stereocenters. The number of aliphatic hydroxyl groups excluding tert-OH is 1. The van der Waals surface area contributed by atoms with Gasteiger partial charge >= 0.3 is 0 Å². The number of aromatic nitrogens is 2. The van der Waals surface area contributed by atoms with Crippen LogP contribution in [-0.4, -0.2) is 51.0 Å². The van der Waals surface area contributed by atoms with Gasteiger partial charge in [-0.3, -0.25) is 9.48 Å². The fraction of sp³-hybridized carbons (Fsp3) is 0.304. The van der Waals surface area contributed by atoms with Crippen LogP contribution in [0.4, 0.5) is 8.78 Å². The van der Waals surface area contributed by atoms with Gasteiger partial charge in [0.05, 0.1) is 11.8 Å². The van der Waals surface area contributed by atoms with Gasteiger partial charge in [0.2, 0.25) is 0 Å². The summed E-state index contributed by atoms with van der Waals surface area (Å²) in [6.07, 6.45) is -0.773. The summed E-state index contributed by atoms with van der Waals surface area (Å²) in [6, 6.07) is 13.7. The van der Waals surface area contributed by atoms with Crippen LogP contribution in [0.1, 0.15) is 23.3 Å². The summed E-state index contributed by atoms with van der Waals surface area (Å²) in [4.78, 5) is 14.7. The number of amides is 1. The highest BCUT2D eigenvalue weighted by molar-refractivity contribution is 5.93. The second-order valence-corrected chi connectivity index (χ2v) is 7.57. The second-order valence-electron chi connectivity index (χ2n) is 7.57. The van der Waals surface area contributed by atoms with E-state index in [0.717, 1.165) is 5.56 Å². The third-order valence-corrected chi connectivity index (χ3v) is 5.45. The van der Waals surface area contributed by atoms with Crippen LogP contribution < -0.4 is 4.74 Å². The number of likely N-dealkylation sites (tertiary alicyclic amines) is 1. The topological polar surface area (TPSA) is 67.6 Å². The number of aliphatic hydroxyl groups is 1. The van der Waals surface area contributed by atoms with Gasteiger partial charge in [-0.15, -0.1) is 0 Å². The van der Waals surface area contributed by atoms with Crippen LogP contribution in [0.15, 0.2) is 54.6 Å². The molecule has 1 aliphatic rings. The largest absolute Gasteiger partial charge is 0.485 e. The minimum atomic E-state index is -0.823. The Morgan fingerprint density at radius 1 is 1.10 bits per heavy atom. The van der Waals surface area contributed by atoms with Crippen LogP contribution in [0, 0.1) is 11.6 Å². The highest BCUT2D eigenvalue weighted by atomic mass is 19.1. The van der Waals surface area contributed by atoms with Gasteiger partial charge in [0, 0.05) is 26.6 Å². The number of rotatable bonds is 4. The Labute approximate surface area is 178 Å². The highest BCUT2D eigenvalue weighted by Crippen LogP contribution is 2.24. The molecule has 0 aliphatic carbocycles. The van der Waals surface area contributed by atoms with Crippen LogP contribution in [0.3, 0.4) is 0 Å². The van der Waals surface area contributed by atoms with E-state index in [2.05, 4.69) is 5.10 Å². The van der Waals surface area contributed by atoms with Crippen LogP contribution in [0.5, 0.6) is 5.75 Å². The second kappa shape index (κ2) is 8.85. The lowest BCUT2D eigenvalue weighted by atomic mass is 10.1. The smallest absolute Gasteiger partial charge is 0.274 e. The van der Waals surface area contributed by atoms with Gasteiger partial charge in [0.15, 0.2) is 17.3 Å². The van der Waals surface area contributed by atoms with Crippen molar-refractivity contribution in [3.8, 4) is 17.0 Å². The molecule has 31 heavy (non-hydrogen) atoms. The van der Waals surface area contributed by atoms with E-state index in [1.807, 2.05) is 0 Å². The monoisotopic (exact) mass is 427 g/mol. The van der Waals surface area contributed by atoms with Gasteiger partial charge in [0.25, 0.3) is 5.91 Å². The number of carbonyl (C=O) groups is 1. The first-order chi connectivity index (χ1) is 14.9. The van der Waals surface area contributed by atoms with E-state index >= 15 is 0 Å². The van der Waals surface area contributed by atoms with Crippen molar-refractivity contribution in [1.82, 2.24) is 14.7 Å². The van der Waals surface area contributed by atoms with E-state index in [9.17, 15) is 18.7 Å². The van der Waals surface area contributed by atoms with Crippen molar-refractivity contribution in [2.24, 2.45) is 7.05 Å². The molecular weight excluding hydrogens is 404 g/mol. The van der Waals surface area contributed by atoms with Crippen molar-refractivity contribution < 1.29 is 23.4 Å². The molecular formula is C23H23F2N3O3. The molecule has 0 bridgehead atoms. The molecule has 1 saturated heterocycles. The molecule has 162 valence electrons. The Kier molecular flexibility index (Phi) is 5.99. The van der Waals surface area contributed by atoms with Gasteiger partial charge in [0.1, 0.15) is 11.9 Å². The lowest BCUT2D eigenvalue weighted by molar-refractivity contribution is 0.0328. The molecule has 1 fully saturated rings. The molecule has 0 unspecified atom stereocenters. The summed E-state index contributed by atoms with van der Waals surface area (Å²) in [6.45, 7) is 0.678. The average Bonchev–Trinajstić information content (AvgIpc) is 3.05. The van der Waals surface area contributed by atoms with Crippen LogP contribution in [-0.2, 0) is 7.05 Å². The van der Waals surface area contributed by atoms with E-state index < -0.39 is 18.0 Å². The molecule has 0 saturated carbocycles. The Hall–Kier alpha value is -3.26. The molecule has 1 amide bonds. The number of benzene rings is 2. The summed E-state index contributed by atoms with van der Waals surface area (Å²) in [7, 11) is 1.72. The Bertz CT molecular complexity index is 1070. The lowest BCUT2D eigenvalue weighted by Crippen LogP contribution is -2.33.